The molecular weight excluding hydrogens is 448 g/mol. The molecule has 0 saturated carbocycles. The second-order valence-corrected chi connectivity index (χ2v) is 8.88. The first-order chi connectivity index (χ1) is 16.8. The average molecular weight is 477 g/mol. The molecule has 2 aromatic carbocycles. The Morgan fingerprint density at radius 1 is 1.00 bits per heavy atom. The van der Waals surface area contributed by atoms with Gasteiger partial charge in [-0.25, -0.2) is 9.97 Å². The van der Waals surface area contributed by atoms with Crippen molar-refractivity contribution in [2.45, 2.75) is 6.54 Å². The molecule has 1 saturated heterocycles. The Labute approximate surface area is 203 Å². The highest BCUT2D eigenvalue weighted by Crippen LogP contribution is 2.37. The number of hydrogen-bond acceptors (Lipinski definition) is 8. The molecule has 0 bridgehead atoms. The third kappa shape index (κ3) is 5.30. The van der Waals surface area contributed by atoms with Crippen molar-refractivity contribution in [3.05, 3.63) is 65.8 Å². The molecule has 1 aliphatic heterocycles. The van der Waals surface area contributed by atoms with E-state index in [9.17, 15) is 0 Å². The van der Waals surface area contributed by atoms with Crippen molar-refractivity contribution in [3.8, 4) is 22.6 Å². The lowest BCUT2D eigenvalue weighted by atomic mass is 10.1. The van der Waals surface area contributed by atoms with Crippen molar-refractivity contribution in [2.75, 3.05) is 51.9 Å². The Balaban J connectivity index is 1.36. The number of rotatable bonds is 9. The Kier molecular flexibility index (Phi) is 7.19. The number of thiophene rings is 1. The summed E-state index contributed by atoms with van der Waals surface area (Å²) in [5.41, 5.74) is 2.31. The second kappa shape index (κ2) is 10.8. The van der Waals surface area contributed by atoms with E-state index < -0.39 is 0 Å². The van der Waals surface area contributed by atoms with Crippen molar-refractivity contribution in [2.24, 2.45) is 0 Å². The van der Waals surface area contributed by atoms with Crippen LogP contribution in [0, 0.1) is 0 Å². The fraction of sp³-hybridized carbons (Fsp3) is 0.308. The zero-order chi connectivity index (χ0) is 23.2. The quantitative estimate of drug-likeness (QED) is 0.352. The predicted molar refractivity (Wildman–Crippen MR) is 136 cm³/mol. The number of benzene rings is 2. The highest BCUT2D eigenvalue weighted by Gasteiger charge is 2.18. The summed E-state index contributed by atoms with van der Waals surface area (Å²) in [7, 11) is 1.66. The van der Waals surface area contributed by atoms with Crippen molar-refractivity contribution < 1.29 is 14.2 Å². The van der Waals surface area contributed by atoms with Gasteiger partial charge in [-0.05, 0) is 29.8 Å². The lowest BCUT2D eigenvalue weighted by Crippen LogP contribution is -2.36. The standard InChI is InChI=1S/C26H28N4O3S/c1-31-20-7-9-21(10-8-20)33-14-11-27-25-24-22(19-5-3-2-4-6-19)18-34-26(24)29-23(28-25)17-30-12-15-32-16-13-30/h2-10,18H,11-17H2,1H3,(H,27,28,29). The van der Waals surface area contributed by atoms with Crippen LogP contribution in [0.5, 0.6) is 11.5 Å². The van der Waals surface area contributed by atoms with Crippen LogP contribution in [0.2, 0.25) is 0 Å². The van der Waals surface area contributed by atoms with Crippen LogP contribution in [-0.4, -0.2) is 61.4 Å². The minimum Gasteiger partial charge on any atom is -0.497 e. The summed E-state index contributed by atoms with van der Waals surface area (Å²) < 4.78 is 16.6. The summed E-state index contributed by atoms with van der Waals surface area (Å²) in [6.45, 7) is 5.18. The van der Waals surface area contributed by atoms with Gasteiger partial charge in [0, 0.05) is 24.0 Å². The highest BCUT2D eigenvalue weighted by atomic mass is 32.1. The molecule has 8 heteroatoms. The van der Waals surface area contributed by atoms with Crippen molar-refractivity contribution >= 4 is 27.4 Å². The second-order valence-electron chi connectivity index (χ2n) is 8.02. The number of nitrogens with zero attached hydrogens (tertiary/aromatic N) is 3. The van der Waals surface area contributed by atoms with Crippen LogP contribution in [0.25, 0.3) is 21.3 Å². The molecule has 1 aliphatic rings. The van der Waals surface area contributed by atoms with Gasteiger partial charge in [-0.15, -0.1) is 11.3 Å². The molecule has 3 heterocycles. The number of nitrogens with one attached hydrogen (secondary N) is 1. The maximum Gasteiger partial charge on any atom is 0.146 e. The van der Waals surface area contributed by atoms with Gasteiger partial charge in [0.25, 0.3) is 0 Å². The van der Waals surface area contributed by atoms with E-state index in [1.807, 2.05) is 30.3 Å². The van der Waals surface area contributed by atoms with Crippen LogP contribution >= 0.6 is 11.3 Å². The molecule has 1 fully saturated rings. The van der Waals surface area contributed by atoms with Gasteiger partial charge in [-0.3, -0.25) is 4.90 Å². The number of ether oxygens (including phenoxy) is 3. The minimum absolute atomic E-state index is 0.515. The van der Waals surface area contributed by atoms with E-state index in [0.29, 0.717) is 13.2 Å². The first kappa shape index (κ1) is 22.6. The Morgan fingerprint density at radius 3 is 2.53 bits per heavy atom. The van der Waals surface area contributed by atoms with Gasteiger partial charge < -0.3 is 19.5 Å². The van der Waals surface area contributed by atoms with E-state index in [1.165, 1.54) is 0 Å². The minimum atomic E-state index is 0.515. The summed E-state index contributed by atoms with van der Waals surface area (Å²) >= 11 is 1.66. The molecule has 0 unspecified atom stereocenters. The highest BCUT2D eigenvalue weighted by molar-refractivity contribution is 7.17. The Hall–Kier alpha value is -3.20. The number of methoxy groups -OCH3 is 1. The molecule has 0 atom stereocenters. The molecule has 0 aliphatic carbocycles. The van der Waals surface area contributed by atoms with Crippen LogP contribution in [0.3, 0.4) is 0 Å². The molecule has 2 aromatic heterocycles. The smallest absolute Gasteiger partial charge is 0.146 e. The van der Waals surface area contributed by atoms with Gasteiger partial charge in [-0.1, -0.05) is 30.3 Å². The van der Waals surface area contributed by atoms with Crippen molar-refractivity contribution in [1.29, 1.82) is 0 Å². The largest absolute Gasteiger partial charge is 0.497 e. The molecule has 5 rings (SSSR count). The normalized spacial score (nSPS) is 14.3. The third-order valence-electron chi connectivity index (χ3n) is 5.76. The first-order valence-corrected chi connectivity index (χ1v) is 12.3. The van der Waals surface area contributed by atoms with E-state index >= 15 is 0 Å². The summed E-state index contributed by atoms with van der Waals surface area (Å²) in [6, 6.07) is 18.0. The van der Waals surface area contributed by atoms with E-state index in [4.69, 9.17) is 24.2 Å². The van der Waals surface area contributed by atoms with E-state index in [2.05, 4.69) is 39.9 Å². The Bertz CT molecular complexity index is 1210. The fourth-order valence-electron chi connectivity index (χ4n) is 3.98. The molecule has 0 spiro atoms. The maximum atomic E-state index is 5.91. The van der Waals surface area contributed by atoms with E-state index in [1.54, 1.807) is 18.4 Å². The molecule has 176 valence electrons. The van der Waals surface area contributed by atoms with Gasteiger partial charge in [-0.2, -0.15) is 0 Å². The zero-order valence-electron chi connectivity index (χ0n) is 19.2. The lowest BCUT2D eigenvalue weighted by molar-refractivity contribution is 0.0331. The number of fused-ring (bicyclic) bond motifs is 1. The zero-order valence-corrected chi connectivity index (χ0v) is 20.0. The molecule has 4 aromatic rings. The SMILES string of the molecule is COc1ccc(OCCNc2nc(CN3CCOCC3)nc3scc(-c4ccccc4)c23)cc1. The van der Waals surface area contributed by atoms with Crippen molar-refractivity contribution in [1.82, 2.24) is 14.9 Å². The summed E-state index contributed by atoms with van der Waals surface area (Å²) in [5, 5.41) is 6.75. The molecule has 34 heavy (non-hydrogen) atoms. The third-order valence-corrected chi connectivity index (χ3v) is 6.63. The summed E-state index contributed by atoms with van der Waals surface area (Å²) in [4.78, 5) is 13.2. The molecule has 7 nitrogen and oxygen atoms in total. The van der Waals surface area contributed by atoms with Gasteiger partial charge in [0.15, 0.2) is 0 Å². The van der Waals surface area contributed by atoms with Crippen molar-refractivity contribution in [3.63, 3.8) is 0 Å². The first-order valence-electron chi connectivity index (χ1n) is 11.4. The van der Waals surface area contributed by atoms with Crippen LogP contribution in [-0.2, 0) is 11.3 Å². The van der Waals surface area contributed by atoms with Gasteiger partial charge in [0.2, 0.25) is 0 Å². The number of hydrogen-bond donors (Lipinski definition) is 1. The lowest BCUT2D eigenvalue weighted by Gasteiger charge is -2.25. The summed E-state index contributed by atoms with van der Waals surface area (Å²) in [5.74, 6) is 3.30. The Morgan fingerprint density at radius 2 is 1.76 bits per heavy atom. The van der Waals surface area contributed by atoms with Gasteiger partial charge in [0.05, 0.1) is 38.8 Å². The predicted octanol–water partition coefficient (Wildman–Crippen LogP) is 4.69. The van der Waals surface area contributed by atoms with Gasteiger partial charge in [0.1, 0.15) is 34.6 Å². The van der Waals surface area contributed by atoms with Gasteiger partial charge >= 0.3 is 0 Å². The fourth-order valence-corrected chi connectivity index (χ4v) is 4.95. The number of aromatic nitrogens is 2. The van der Waals surface area contributed by atoms with Crippen LogP contribution in [0.4, 0.5) is 5.82 Å². The van der Waals surface area contributed by atoms with E-state index in [-0.39, 0.29) is 0 Å². The number of anilines is 1. The monoisotopic (exact) mass is 476 g/mol. The van der Waals surface area contributed by atoms with E-state index in [0.717, 1.165) is 77.3 Å². The molecule has 1 N–H and O–H groups in total. The topological polar surface area (TPSA) is 68.7 Å². The molecule has 0 amide bonds. The average Bonchev–Trinajstić information content (AvgIpc) is 3.32. The summed E-state index contributed by atoms with van der Waals surface area (Å²) in [6.07, 6.45) is 0. The van der Waals surface area contributed by atoms with Crippen LogP contribution in [0.15, 0.2) is 60.0 Å². The van der Waals surface area contributed by atoms with Crippen LogP contribution in [0.1, 0.15) is 5.82 Å². The molecular formula is C26H28N4O3S. The molecule has 0 radical (unpaired) electrons. The maximum absolute atomic E-state index is 5.91. The van der Waals surface area contributed by atoms with Crippen LogP contribution < -0.4 is 14.8 Å². The number of morpholine rings is 1.